The fraction of sp³-hybridized carbons (Fsp3) is 0.538. The predicted octanol–water partition coefficient (Wildman–Crippen LogP) is 3.87. The molecule has 0 N–H and O–H groups in total. The van der Waals surface area contributed by atoms with Crippen molar-refractivity contribution in [2.45, 2.75) is 40.5 Å². The first-order chi connectivity index (χ1) is 7.63. The maximum Gasteiger partial charge on any atom is 0.136 e. The molecule has 0 fully saturated rings. The molecule has 1 aromatic rings. The summed E-state index contributed by atoms with van der Waals surface area (Å²) in [5.41, 5.74) is 2.44. The first-order valence-electron chi connectivity index (χ1n) is 5.84. The zero-order valence-corrected chi connectivity index (χ0v) is 10.9. The summed E-state index contributed by atoms with van der Waals surface area (Å²) in [7, 11) is 2.02. The molecule has 0 radical (unpaired) electrons. The van der Waals surface area contributed by atoms with Crippen LogP contribution in [0.25, 0.3) is 0 Å². The molecule has 3 nitrogen and oxygen atoms in total. The van der Waals surface area contributed by atoms with E-state index >= 15 is 0 Å². The van der Waals surface area contributed by atoms with Crippen molar-refractivity contribution in [2.75, 3.05) is 0 Å². The van der Waals surface area contributed by atoms with Gasteiger partial charge in [-0.3, -0.25) is 0 Å². The van der Waals surface area contributed by atoms with Gasteiger partial charge < -0.3 is 4.57 Å². The highest BCUT2D eigenvalue weighted by Crippen LogP contribution is 2.32. The second-order valence-electron chi connectivity index (χ2n) is 3.90. The summed E-state index contributed by atoms with van der Waals surface area (Å²) in [4.78, 5) is 8.95. The molecule has 16 heavy (non-hydrogen) atoms. The van der Waals surface area contributed by atoms with Gasteiger partial charge in [-0.05, 0) is 37.8 Å². The van der Waals surface area contributed by atoms with Crippen LogP contribution in [-0.4, -0.2) is 17.0 Å². The number of aromatic nitrogens is 1. The molecular weight excluding hydrogens is 198 g/mol. The predicted molar refractivity (Wildman–Crippen MR) is 71.8 cm³/mol. The van der Waals surface area contributed by atoms with Gasteiger partial charge >= 0.3 is 0 Å². The molecule has 0 bridgehead atoms. The van der Waals surface area contributed by atoms with E-state index in [0.29, 0.717) is 0 Å². The largest absolute Gasteiger partial charge is 0.314 e. The van der Waals surface area contributed by atoms with Gasteiger partial charge in [0.25, 0.3) is 0 Å². The summed E-state index contributed by atoms with van der Waals surface area (Å²) < 4.78 is 2.06. The van der Waals surface area contributed by atoms with Crippen molar-refractivity contribution >= 4 is 24.1 Å². The molecule has 88 valence electrons. The minimum atomic E-state index is 0.956. The quantitative estimate of drug-likeness (QED) is 0.688. The van der Waals surface area contributed by atoms with E-state index in [1.165, 1.54) is 11.1 Å². The molecule has 0 unspecified atom stereocenters. The molecule has 1 rings (SSSR count). The molecule has 0 aliphatic rings. The lowest BCUT2D eigenvalue weighted by atomic mass is 10.2. The standard InChI is InChI=1S/C13H21N3/c1-6-8-14-12-10(3)11(4)13(16(12)5)15-9-7-2/h8-9H,6-7H2,1-5H3. The Bertz CT molecular complexity index is 374. The van der Waals surface area contributed by atoms with Gasteiger partial charge in [0.05, 0.1) is 0 Å². The van der Waals surface area contributed by atoms with E-state index in [9.17, 15) is 0 Å². The minimum Gasteiger partial charge on any atom is -0.314 e. The molecule has 1 heterocycles. The molecule has 0 aliphatic heterocycles. The lowest BCUT2D eigenvalue weighted by Gasteiger charge is -2.00. The average Bonchev–Trinajstić information content (AvgIpc) is 2.47. The van der Waals surface area contributed by atoms with Crippen LogP contribution in [0.4, 0.5) is 11.6 Å². The van der Waals surface area contributed by atoms with Crippen molar-refractivity contribution < 1.29 is 0 Å². The molecule has 0 atom stereocenters. The zero-order valence-electron chi connectivity index (χ0n) is 10.9. The SMILES string of the molecule is CCC=Nc1c(C)c(C)c(N=CCC)n1C. The van der Waals surface area contributed by atoms with Gasteiger partial charge in [0.15, 0.2) is 0 Å². The van der Waals surface area contributed by atoms with Crippen molar-refractivity contribution in [2.24, 2.45) is 17.0 Å². The molecular formula is C13H21N3. The molecule has 0 amide bonds. The highest BCUT2D eigenvalue weighted by atomic mass is 15.1. The Labute approximate surface area is 97.9 Å². The lowest BCUT2D eigenvalue weighted by molar-refractivity contribution is 0.918. The van der Waals surface area contributed by atoms with Crippen LogP contribution in [0.5, 0.6) is 0 Å². The van der Waals surface area contributed by atoms with Crippen molar-refractivity contribution in [1.29, 1.82) is 0 Å². The second-order valence-corrected chi connectivity index (χ2v) is 3.90. The van der Waals surface area contributed by atoms with Gasteiger partial charge in [0.1, 0.15) is 11.6 Å². The lowest BCUT2D eigenvalue weighted by Crippen LogP contribution is -1.87. The fourth-order valence-electron chi connectivity index (χ4n) is 1.66. The summed E-state index contributed by atoms with van der Waals surface area (Å²) in [6, 6.07) is 0. The molecule has 0 aromatic carbocycles. The Morgan fingerprint density at radius 1 is 0.938 bits per heavy atom. The van der Waals surface area contributed by atoms with E-state index in [-0.39, 0.29) is 0 Å². The monoisotopic (exact) mass is 219 g/mol. The highest BCUT2D eigenvalue weighted by molar-refractivity contribution is 5.70. The average molecular weight is 219 g/mol. The van der Waals surface area contributed by atoms with E-state index in [2.05, 4.69) is 42.2 Å². The van der Waals surface area contributed by atoms with Crippen molar-refractivity contribution in [3.8, 4) is 0 Å². The molecule has 1 aromatic heterocycles. The number of rotatable bonds is 4. The van der Waals surface area contributed by atoms with Crippen LogP contribution < -0.4 is 0 Å². The number of hydrogen-bond donors (Lipinski definition) is 0. The summed E-state index contributed by atoms with van der Waals surface area (Å²) in [5.74, 6) is 2.03. The molecule has 0 saturated carbocycles. The van der Waals surface area contributed by atoms with Gasteiger partial charge in [-0.25, -0.2) is 9.98 Å². The Balaban J connectivity index is 3.22. The summed E-state index contributed by atoms with van der Waals surface area (Å²) in [6.07, 6.45) is 5.79. The van der Waals surface area contributed by atoms with E-state index < -0.39 is 0 Å². The van der Waals surface area contributed by atoms with Crippen molar-refractivity contribution in [1.82, 2.24) is 4.57 Å². The number of nitrogens with zero attached hydrogens (tertiary/aromatic N) is 3. The Morgan fingerprint density at radius 3 is 1.62 bits per heavy atom. The first kappa shape index (κ1) is 12.7. The molecule has 0 aliphatic carbocycles. The maximum absolute atomic E-state index is 4.48. The Hall–Kier alpha value is -1.38. The highest BCUT2D eigenvalue weighted by Gasteiger charge is 2.12. The third kappa shape index (κ3) is 2.40. The normalized spacial score (nSPS) is 12.1. The topological polar surface area (TPSA) is 29.6 Å². The summed E-state index contributed by atoms with van der Waals surface area (Å²) in [6.45, 7) is 8.38. The van der Waals surface area contributed by atoms with Gasteiger partial charge in [-0.1, -0.05) is 13.8 Å². The fourth-order valence-corrected chi connectivity index (χ4v) is 1.66. The summed E-state index contributed by atoms with van der Waals surface area (Å²) in [5, 5.41) is 0. The van der Waals surface area contributed by atoms with E-state index in [4.69, 9.17) is 0 Å². The zero-order chi connectivity index (χ0) is 12.1. The maximum atomic E-state index is 4.48. The van der Waals surface area contributed by atoms with Gasteiger partial charge in [0, 0.05) is 19.5 Å². The Kier molecular flexibility index (Phi) is 4.47. The van der Waals surface area contributed by atoms with Crippen molar-refractivity contribution in [3.63, 3.8) is 0 Å². The first-order valence-corrected chi connectivity index (χ1v) is 5.84. The van der Waals surface area contributed by atoms with Crippen LogP contribution in [0.15, 0.2) is 9.98 Å². The van der Waals surface area contributed by atoms with Crippen LogP contribution >= 0.6 is 0 Å². The molecule has 0 spiro atoms. The van der Waals surface area contributed by atoms with Crippen LogP contribution in [0.1, 0.15) is 37.8 Å². The minimum absolute atomic E-state index is 0.956. The number of hydrogen-bond acceptors (Lipinski definition) is 2. The van der Waals surface area contributed by atoms with E-state index in [1.54, 1.807) is 0 Å². The smallest absolute Gasteiger partial charge is 0.136 e. The van der Waals surface area contributed by atoms with Crippen LogP contribution in [-0.2, 0) is 7.05 Å². The van der Waals surface area contributed by atoms with Gasteiger partial charge in [0.2, 0.25) is 0 Å². The van der Waals surface area contributed by atoms with E-state index in [1.807, 2.05) is 19.5 Å². The van der Waals surface area contributed by atoms with Crippen LogP contribution in [0.2, 0.25) is 0 Å². The van der Waals surface area contributed by atoms with Crippen molar-refractivity contribution in [3.05, 3.63) is 11.1 Å². The second kappa shape index (κ2) is 5.64. The molecule has 3 heteroatoms. The van der Waals surface area contributed by atoms with E-state index in [0.717, 1.165) is 24.5 Å². The van der Waals surface area contributed by atoms with Gasteiger partial charge in [-0.15, -0.1) is 0 Å². The molecule has 0 saturated heterocycles. The van der Waals surface area contributed by atoms with Gasteiger partial charge in [-0.2, -0.15) is 0 Å². The third-order valence-electron chi connectivity index (χ3n) is 2.66. The van der Waals surface area contributed by atoms with Crippen LogP contribution in [0, 0.1) is 13.8 Å². The Morgan fingerprint density at radius 2 is 1.31 bits per heavy atom. The van der Waals surface area contributed by atoms with Crippen LogP contribution in [0.3, 0.4) is 0 Å². The summed E-state index contributed by atoms with van der Waals surface area (Å²) >= 11 is 0. The number of aliphatic imine (C=N–C) groups is 2. The third-order valence-corrected chi connectivity index (χ3v) is 2.66.